The van der Waals surface area contributed by atoms with Gasteiger partial charge in [0.2, 0.25) is 5.91 Å². The maximum Gasteiger partial charge on any atom is 0.221 e. The predicted octanol–water partition coefficient (Wildman–Crippen LogP) is 4.44. The van der Waals surface area contributed by atoms with Crippen LogP contribution in [0.25, 0.3) is 11.0 Å². The highest BCUT2D eigenvalue weighted by Crippen LogP contribution is 2.20. The number of imidazole rings is 1. The second kappa shape index (κ2) is 8.37. The van der Waals surface area contributed by atoms with Crippen molar-refractivity contribution in [2.75, 3.05) is 6.54 Å². The highest BCUT2D eigenvalue weighted by atomic mass is 35.5. The van der Waals surface area contributed by atoms with Crippen molar-refractivity contribution in [3.8, 4) is 0 Å². The summed E-state index contributed by atoms with van der Waals surface area (Å²) >= 11 is 6.11. The monoisotopic (exact) mass is 369 g/mol. The number of fused-ring (bicyclic) bond motifs is 1. The number of nitrogens with zero attached hydrogens (tertiary/aromatic N) is 2. The Bertz CT molecular complexity index is 901. The lowest BCUT2D eigenvalue weighted by atomic mass is 10.1. The molecule has 0 aliphatic rings. The predicted molar refractivity (Wildman–Crippen MR) is 106 cm³/mol. The zero-order chi connectivity index (χ0) is 18.5. The van der Waals surface area contributed by atoms with Crippen LogP contribution in [0, 0.1) is 5.92 Å². The number of carbonyl (C=O) groups excluding carboxylic acids is 1. The molecule has 0 saturated heterocycles. The summed E-state index contributed by atoms with van der Waals surface area (Å²) in [7, 11) is 0. The molecule has 3 rings (SSSR count). The summed E-state index contributed by atoms with van der Waals surface area (Å²) in [6.45, 7) is 5.50. The van der Waals surface area contributed by atoms with E-state index in [9.17, 15) is 4.79 Å². The van der Waals surface area contributed by atoms with Crippen LogP contribution in [0.4, 0.5) is 0 Å². The molecule has 0 bridgehead atoms. The van der Waals surface area contributed by atoms with Crippen molar-refractivity contribution in [3.63, 3.8) is 0 Å². The van der Waals surface area contributed by atoms with Gasteiger partial charge in [-0.2, -0.15) is 0 Å². The number of para-hydroxylation sites is 2. The molecule has 1 N–H and O–H groups in total. The number of benzene rings is 2. The van der Waals surface area contributed by atoms with Crippen molar-refractivity contribution >= 4 is 28.5 Å². The average Bonchev–Trinajstić information content (AvgIpc) is 2.95. The van der Waals surface area contributed by atoms with Gasteiger partial charge in [-0.1, -0.05) is 49.7 Å². The van der Waals surface area contributed by atoms with E-state index < -0.39 is 0 Å². The molecule has 1 amide bonds. The first-order valence-electron chi connectivity index (χ1n) is 8.98. The van der Waals surface area contributed by atoms with Crippen LogP contribution < -0.4 is 5.32 Å². The molecule has 0 saturated carbocycles. The maximum absolute atomic E-state index is 12.1. The van der Waals surface area contributed by atoms with Crippen molar-refractivity contribution in [1.82, 2.24) is 14.9 Å². The fourth-order valence-electron chi connectivity index (χ4n) is 2.96. The standard InChI is InChI=1S/C21H24ClN3O/c1-15(2)14-23-21(26)10-11-25-19-9-4-3-8-18(19)24-20(25)13-16-6-5-7-17(22)12-16/h3-9,12,15H,10-11,13-14H2,1-2H3,(H,23,26). The number of hydrogen-bond acceptors (Lipinski definition) is 2. The molecule has 0 radical (unpaired) electrons. The topological polar surface area (TPSA) is 46.9 Å². The lowest BCUT2D eigenvalue weighted by Gasteiger charge is -2.11. The third-order valence-corrected chi connectivity index (χ3v) is 4.49. The Morgan fingerprint density at radius 2 is 2.00 bits per heavy atom. The number of rotatable bonds is 7. The van der Waals surface area contributed by atoms with E-state index in [1.165, 1.54) is 0 Å². The fraction of sp³-hybridized carbons (Fsp3) is 0.333. The normalized spacial score (nSPS) is 11.2. The van der Waals surface area contributed by atoms with Crippen LogP contribution >= 0.6 is 11.6 Å². The molecular weight excluding hydrogens is 346 g/mol. The lowest BCUT2D eigenvalue weighted by molar-refractivity contribution is -0.121. The van der Waals surface area contributed by atoms with Crippen molar-refractivity contribution in [2.24, 2.45) is 5.92 Å². The third-order valence-electron chi connectivity index (χ3n) is 4.25. The highest BCUT2D eigenvalue weighted by Gasteiger charge is 2.13. The van der Waals surface area contributed by atoms with Crippen LogP contribution in [0.5, 0.6) is 0 Å². The van der Waals surface area contributed by atoms with Gasteiger partial charge in [-0.15, -0.1) is 0 Å². The third kappa shape index (κ3) is 4.64. The van der Waals surface area contributed by atoms with Gasteiger partial charge in [0.1, 0.15) is 5.82 Å². The van der Waals surface area contributed by atoms with E-state index in [-0.39, 0.29) is 5.91 Å². The van der Waals surface area contributed by atoms with Crippen molar-refractivity contribution < 1.29 is 4.79 Å². The SMILES string of the molecule is CC(C)CNC(=O)CCn1c(Cc2cccc(Cl)c2)nc2ccccc21. The lowest BCUT2D eigenvalue weighted by Crippen LogP contribution is -2.28. The van der Waals surface area contributed by atoms with E-state index in [1.54, 1.807) is 0 Å². The Balaban J connectivity index is 1.81. The van der Waals surface area contributed by atoms with Gasteiger partial charge in [0, 0.05) is 31.0 Å². The molecule has 5 heteroatoms. The quantitative estimate of drug-likeness (QED) is 0.669. The molecule has 0 aliphatic heterocycles. The van der Waals surface area contributed by atoms with Crippen molar-refractivity contribution in [1.29, 1.82) is 0 Å². The van der Waals surface area contributed by atoms with E-state index in [1.807, 2.05) is 42.5 Å². The average molecular weight is 370 g/mol. The molecule has 0 spiro atoms. The van der Waals surface area contributed by atoms with Gasteiger partial charge >= 0.3 is 0 Å². The van der Waals surface area contributed by atoms with E-state index in [2.05, 4.69) is 29.8 Å². The van der Waals surface area contributed by atoms with E-state index in [0.717, 1.165) is 27.4 Å². The molecule has 136 valence electrons. The van der Waals surface area contributed by atoms with Crippen molar-refractivity contribution in [3.05, 3.63) is 64.9 Å². The minimum absolute atomic E-state index is 0.0742. The van der Waals surface area contributed by atoms with Gasteiger partial charge in [0.15, 0.2) is 0 Å². The van der Waals surface area contributed by atoms with E-state index in [4.69, 9.17) is 16.6 Å². The van der Waals surface area contributed by atoms with Gasteiger partial charge in [-0.25, -0.2) is 4.98 Å². The van der Waals surface area contributed by atoms with Crippen LogP contribution in [0.1, 0.15) is 31.7 Å². The second-order valence-electron chi connectivity index (χ2n) is 6.92. The molecule has 0 unspecified atom stereocenters. The summed E-state index contributed by atoms with van der Waals surface area (Å²) in [5.74, 6) is 1.47. The smallest absolute Gasteiger partial charge is 0.221 e. The molecule has 0 fully saturated rings. The van der Waals surface area contributed by atoms with Gasteiger partial charge in [-0.3, -0.25) is 4.79 Å². The number of halogens is 1. The first-order chi connectivity index (χ1) is 12.5. The summed E-state index contributed by atoms with van der Waals surface area (Å²) in [6.07, 6.45) is 1.12. The summed E-state index contributed by atoms with van der Waals surface area (Å²) < 4.78 is 2.14. The molecule has 4 nitrogen and oxygen atoms in total. The number of carbonyl (C=O) groups is 1. The maximum atomic E-state index is 12.1. The van der Waals surface area contributed by atoms with Crippen LogP contribution in [-0.2, 0) is 17.8 Å². The van der Waals surface area contributed by atoms with Crippen LogP contribution in [-0.4, -0.2) is 22.0 Å². The van der Waals surface area contributed by atoms with Gasteiger partial charge in [0.05, 0.1) is 11.0 Å². The summed E-state index contributed by atoms with van der Waals surface area (Å²) in [6, 6.07) is 15.9. The Labute approximate surface area is 159 Å². The Kier molecular flexibility index (Phi) is 5.94. The van der Waals surface area contributed by atoms with E-state index in [0.29, 0.717) is 31.8 Å². The Hall–Kier alpha value is -2.33. The van der Waals surface area contributed by atoms with Crippen LogP contribution in [0.15, 0.2) is 48.5 Å². The summed E-state index contributed by atoms with van der Waals surface area (Å²) in [4.78, 5) is 16.9. The molecule has 0 atom stereocenters. The van der Waals surface area contributed by atoms with E-state index >= 15 is 0 Å². The molecule has 26 heavy (non-hydrogen) atoms. The zero-order valence-electron chi connectivity index (χ0n) is 15.2. The first-order valence-corrected chi connectivity index (χ1v) is 9.36. The fourth-order valence-corrected chi connectivity index (χ4v) is 3.17. The molecule has 2 aromatic carbocycles. The molecule has 1 aromatic heterocycles. The van der Waals surface area contributed by atoms with Crippen LogP contribution in [0.3, 0.4) is 0 Å². The largest absolute Gasteiger partial charge is 0.356 e. The Morgan fingerprint density at radius 3 is 2.77 bits per heavy atom. The minimum atomic E-state index is 0.0742. The van der Waals surface area contributed by atoms with Crippen molar-refractivity contribution in [2.45, 2.75) is 33.2 Å². The molecule has 3 aromatic rings. The van der Waals surface area contributed by atoms with Gasteiger partial charge < -0.3 is 9.88 Å². The van der Waals surface area contributed by atoms with Gasteiger partial charge in [-0.05, 0) is 35.7 Å². The number of hydrogen-bond donors (Lipinski definition) is 1. The van der Waals surface area contributed by atoms with Crippen LogP contribution in [0.2, 0.25) is 5.02 Å². The Morgan fingerprint density at radius 1 is 1.19 bits per heavy atom. The number of aryl methyl sites for hydroxylation is 1. The van der Waals surface area contributed by atoms with Gasteiger partial charge in [0.25, 0.3) is 0 Å². The number of amides is 1. The first kappa shape index (κ1) is 18.5. The number of nitrogens with one attached hydrogen (secondary N) is 1. The second-order valence-corrected chi connectivity index (χ2v) is 7.36. The molecule has 0 aliphatic carbocycles. The molecule has 1 heterocycles. The highest BCUT2D eigenvalue weighted by molar-refractivity contribution is 6.30. The minimum Gasteiger partial charge on any atom is -0.356 e. The molecular formula is C21H24ClN3O. The summed E-state index contributed by atoms with van der Waals surface area (Å²) in [5.41, 5.74) is 3.12. The number of aromatic nitrogens is 2. The zero-order valence-corrected chi connectivity index (χ0v) is 16.0. The summed E-state index contributed by atoms with van der Waals surface area (Å²) in [5, 5.41) is 3.70.